The third-order valence-electron chi connectivity index (χ3n) is 5.03. The number of hydrogen-bond acceptors (Lipinski definition) is 3. The molecule has 28 heavy (non-hydrogen) atoms. The van der Waals surface area contributed by atoms with Gasteiger partial charge in [0, 0.05) is 24.3 Å². The second-order valence-electron chi connectivity index (χ2n) is 7.56. The fourth-order valence-electron chi connectivity index (χ4n) is 3.68. The average Bonchev–Trinajstić information content (AvgIpc) is 2.68. The molecule has 6 heteroatoms. The summed E-state index contributed by atoms with van der Waals surface area (Å²) in [7, 11) is 4.10. The lowest BCUT2D eigenvalue weighted by Crippen LogP contribution is -2.41. The van der Waals surface area contributed by atoms with E-state index >= 15 is 0 Å². The molecule has 0 bridgehead atoms. The number of nitrogens with two attached hydrogens (primary N) is 1. The summed E-state index contributed by atoms with van der Waals surface area (Å²) < 4.78 is 0. The van der Waals surface area contributed by atoms with Gasteiger partial charge in [-0.3, -0.25) is 4.79 Å². The van der Waals surface area contributed by atoms with E-state index < -0.39 is 5.91 Å². The summed E-state index contributed by atoms with van der Waals surface area (Å²) >= 11 is 0. The molecule has 3 rings (SSSR count). The second kappa shape index (κ2) is 8.89. The van der Waals surface area contributed by atoms with Crippen LogP contribution < -0.4 is 11.1 Å². The lowest BCUT2D eigenvalue weighted by molar-refractivity contribution is 0.1000. The Hall–Kier alpha value is -2.86. The van der Waals surface area contributed by atoms with E-state index in [2.05, 4.69) is 34.5 Å². The highest BCUT2D eigenvalue weighted by molar-refractivity contribution is 5.96. The zero-order valence-electron chi connectivity index (χ0n) is 16.5. The number of anilines is 1. The maximum Gasteiger partial charge on any atom is 0.322 e. The van der Waals surface area contributed by atoms with E-state index in [9.17, 15) is 9.59 Å². The zero-order valence-corrected chi connectivity index (χ0v) is 16.5. The number of nitrogens with one attached hydrogen (secondary N) is 1. The molecule has 6 nitrogen and oxygen atoms in total. The van der Waals surface area contributed by atoms with Gasteiger partial charge in [-0.25, -0.2) is 4.79 Å². The van der Waals surface area contributed by atoms with Crippen molar-refractivity contribution in [2.75, 3.05) is 26.0 Å². The average molecular weight is 380 g/mol. The van der Waals surface area contributed by atoms with Crippen molar-refractivity contribution >= 4 is 17.6 Å². The summed E-state index contributed by atoms with van der Waals surface area (Å²) in [5, 5.41) is 2.92. The molecule has 0 aromatic heterocycles. The Labute approximate surface area is 166 Å². The zero-order chi connectivity index (χ0) is 20.1. The number of carbonyl (C=O) groups is 2. The van der Waals surface area contributed by atoms with Crippen LogP contribution in [0.1, 0.15) is 46.8 Å². The van der Waals surface area contributed by atoms with Gasteiger partial charge in [0.05, 0.1) is 6.04 Å². The smallest absolute Gasteiger partial charge is 0.322 e. The molecule has 0 aliphatic carbocycles. The maximum absolute atomic E-state index is 12.9. The monoisotopic (exact) mass is 380 g/mol. The van der Waals surface area contributed by atoms with E-state index in [0.29, 0.717) is 17.8 Å². The third-order valence-corrected chi connectivity index (χ3v) is 5.03. The molecule has 0 spiro atoms. The maximum atomic E-state index is 12.9. The van der Waals surface area contributed by atoms with Gasteiger partial charge in [-0.05, 0) is 62.7 Å². The summed E-state index contributed by atoms with van der Waals surface area (Å²) in [4.78, 5) is 28.3. The van der Waals surface area contributed by atoms with Gasteiger partial charge in [0.15, 0.2) is 0 Å². The fraction of sp³-hybridized carbons (Fsp3) is 0.364. The van der Waals surface area contributed by atoms with Crippen LogP contribution in [0.2, 0.25) is 0 Å². The molecule has 0 saturated carbocycles. The van der Waals surface area contributed by atoms with E-state index in [1.165, 1.54) is 5.56 Å². The first kappa shape index (κ1) is 19.9. The largest absolute Gasteiger partial charge is 0.366 e. The molecule has 1 heterocycles. The van der Waals surface area contributed by atoms with Crippen LogP contribution in [0.4, 0.5) is 10.5 Å². The normalized spacial score (nSPS) is 16.8. The number of rotatable bonds is 5. The highest BCUT2D eigenvalue weighted by Gasteiger charge is 2.28. The van der Waals surface area contributed by atoms with Crippen molar-refractivity contribution in [2.24, 2.45) is 5.73 Å². The van der Waals surface area contributed by atoms with Gasteiger partial charge in [-0.1, -0.05) is 30.3 Å². The summed E-state index contributed by atoms with van der Waals surface area (Å²) in [5.41, 5.74) is 8.70. The highest BCUT2D eigenvalue weighted by atomic mass is 16.2. The van der Waals surface area contributed by atoms with Crippen LogP contribution >= 0.6 is 0 Å². The fourth-order valence-corrected chi connectivity index (χ4v) is 3.68. The first-order valence-corrected chi connectivity index (χ1v) is 9.65. The minimum Gasteiger partial charge on any atom is -0.366 e. The Morgan fingerprint density at radius 1 is 1.14 bits per heavy atom. The molecule has 1 fully saturated rings. The number of urea groups is 1. The van der Waals surface area contributed by atoms with E-state index in [4.69, 9.17) is 5.73 Å². The van der Waals surface area contributed by atoms with Crippen LogP contribution in [-0.4, -0.2) is 42.4 Å². The predicted molar refractivity (Wildman–Crippen MR) is 111 cm³/mol. The van der Waals surface area contributed by atoms with E-state index in [0.717, 1.165) is 31.4 Å². The SMILES string of the molecule is CN(C)Cc1ccc(C2CCCCN2C(=O)Nc2cccc(C(N)=O)c2)cc1. The molecule has 1 unspecified atom stereocenters. The molecule has 1 aliphatic heterocycles. The Morgan fingerprint density at radius 2 is 1.89 bits per heavy atom. The van der Waals surface area contributed by atoms with Gasteiger partial charge in [-0.15, -0.1) is 0 Å². The molecule has 148 valence electrons. The van der Waals surface area contributed by atoms with Crippen molar-refractivity contribution in [3.63, 3.8) is 0 Å². The summed E-state index contributed by atoms with van der Waals surface area (Å²) in [6, 6.07) is 15.2. The van der Waals surface area contributed by atoms with Crippen LogP contribution in [0.25, 0.3) is 0 Å². The van der Waals surface area contributed by atoms with Crippen molar-refractivity contribution in [3.8, 4) is 0 Å². The van der Waals surface area contributed by atoms with Gasteiger partial charge in [-0.2, -0.15) is 0 Å². The first-order valence-electron chi connectivity index (χ1n) is 9.65. The molecule has 2 aromatic rings. The number of benzene rings is 2. The van der Waals surface area contributed by atoms with Crippen molar-refractivity contribution < 1.29 is 9.59 Å². The Bertz CT molecular complexity index is 833. The highest BCUT2D eigenvalue weighted by Crippen LogP contribution is 2.31. The minimum absolute atomic E-state index is 0.0569. The van der Waals surface area contributed by atoms with Crippen LogP contribution in [0, 0.1) is 0 Å². The van der Waals surface area contributed by atoms with Gasteiger partial charge < -0.3 is 20.9 Å². The van der Waals surface area contributed by atoms with Gasteiger partial charge in [0.1, 0.15) is 0 Å². The Kier molecular flexibility index (Phi) is 6.31. The van der Waals surface area contributed by atoms with Gasteiger partial charge in [0.25, 0.3) is 0 Å². The number of nitrogens with zero attached hydrogens (tertiary/aromatic N) is 2. The summed E-state index contributed by atoms with van der Waals surface area (Å²) in [5.74, 6) is -0.509. The number of likely N-dealkylation sites (tertiary alicyclic amines) is 1. The second-order valence-corrected chi connectivity index (χ2v) is 7.56. The van der Waals surface area contributed by atoms with Crippen molar-refractivity contribution in [2.45, 2.75) is 31.8 Å². The standard InChI is InChI=1S/C22H28N4O2/c1-25(2)15-16-9-11-17(12-10-16)20-8-3-4-13-26(20)22(28)24-19-7-5-6-18(14-19)21(23)27/h5-7,9-12,14,20H,3-4,8,13,15H2,1-2H3,(H2,23,27)(H,24,28). The van der Waals surface area contributed by atoms with Crippen molar-refractivity contribution in [3.05, 3.63) is 65.2 Å². The molecule has 1 saturated heterocycles. The van der Waals surface area contributed by atoms with Crippen molar-refractivity contribution in [1.82, 2.24) is 9.80 Å². The summed E-state index contributed by atoms with van der Waals surface area (Å²) in [6.45, 7) is 1.61. The van der Waals surface area contributed by atoms with Crippen LogP contribution in [-0.2, 0) is 6.54 Å². The van der Waals surface area contributed by atoms with Gasteiger partial charge in [0.2, 0.25) is 5.91 Å². The van der Waals surface area contributed by atoms with E-state index in [1.54, 1.807) is 24.3 Å². The molecule has 3 amide bonds. The number of carbonyl (C=O) groups excluding carboxylic acids is 2. The number of amides is 3. The number of hydrogen-bond donors (Lipinski definition) is 2. The number of primary amides is 1. The molecule has 3 N–H and O–H groups in total. The molecular formula is C22H28N4O2. The van der Waals surface area contributed by atoms with E-state index in [-0.39, 0.29) is 12.1 Å². The molecule has 0 radical (unpaired) electrons. The molecular weight excluding hydrogens is 352 g/mol. The van der Waals surface area contributed by atoms with Gasteiger partial charge >= 0.3 is 6.03 Å². The summed E-state index contributed by atoms with van der Waals surface area (Å²) in [6.07, 6.45) is 3.04. The third kappa shape index (κ3) is 4.89. The topological polar surface area (TPSA) is 78.7 Å². The number of piperidine rings is 1. The molecule has 1 aliphatic rings. The Morgan fingerprint density at radius 3 is 2.57 bits per heavy atom. The lowest BCUT2D eigenvalue weighted by Gasteiger charge is -2.36. The predicted octanol–water partition coefficient (Wildman–Crippen LogP) is 3.61. The Balaban J connectivity index is 1.74. The van der Waals surface area contributed by atoms with Crippen LogP contribution in [0.3, 0.4) is 0 Å². The molecule has 1 atom stereocenters. The first-order chi connectivity index (χ1) is 13.4. The lowest BCUT2D eigenvalue weighted by atomic mass is 9.95. The van der Waals surface area contributed by atoms with Crippen LogP contribution in [0.5, 0.6) is 0 Å². The van der Waals surface area contributed by atoms with E-state index in [1.807, 2.05) is 19.0 Å². The molecule has 2 aromatic carbocycles. The quantitative estimate of drug-likeness (QED) is 0.832. The van der Waals surface area contributed by atoms with Crippen LogP contribution in [0.15, 0.2) is 48.5 Å². The van der Waals surface area contributed by atoms with Crippen molar-refractivity contribution in [1.29, 1.82) is 0 Å². The minimum atomic E-state index is -0.509.